The predicted octanol–water partition coefficient (Wildman–Crippen LogP) is 3.00. The van der Waals surface area contributed by atoms with Gasteiger partial charge < -0.3 is 19.4 Å². The maximum absolute atomic E-state index is 12.7. The number of nitrogens with zero attached hydrogens (tertiary/aromatic N) is 2. The Morgan fingerprint density at radius 2 is 2.00 bits per heavy atom. The minimum atomic E-state index is -0.00843. The van der Waals surface area contributed by atoms with Crippen LogP contribution in [0.3, 0.4) is 0 Å². The zero-order valence-corrected chi connectivity index (χ0v) is 15.0. The second-order valence-electron chi connectivity index (χ2n) is 7.07. The minimum Gasteiger partial charge on any atom is -0.486 e. The summed E-state index contributed by atoms with van der Waals surface area (Å²) in [6.07, 6.45) is 4.86. The summed E-state index contributed by atoms with van der Waals surface area (Å²) in [6, 6.07) is 12.2. The van der Waals surface area contributed by atoms with E-state index >= 15 is 0 Å². The third kappa shape index (κ3) is 3.01. The minimum absolute atomic E-state index is 0.00843. The second-order valence-corrected chi connectivity index (χ2v) is 7.07. The first-order valence-electron chi connectivity index (χ1n) is 9.39. The third-order valence-electron chi connectivity index (χ3n) is 5.30. The molecule has 1 atom stereocenters. The Morgan fingerprint density at radius 3 is 2.89 bits per heavy atom. The molecule has 6 nitrogen and oxygen atoms in total. The lowest BCUT2D eigenvalue weighted by atomic mass is 9.88. The second kappa shape index (κ2) is 6.61. The molecule has 0 fully saturated rings. The number of amides is 1. The summed E-state index contributed by atoms with van der Waals surface area (Å²) < 4.78 is 13.1. The van der Waals surface area contributed by atoms with Crippen LogP contribution in [0, 0.1) is 0 Å². The van der Waals surface area contributed by atoms with E-state index in [0.717, 1.165) is 30.3 Å². The van der Waals surface area contributed by atoms with Crippen LogP contribution in [-0.4, -0.2) is 28.7 Å². The molecule has 1 aliphatic carbocycles. The number of rotatable bonds is 3. The highest BCUT2D eigenvalue weighted by Crippen LogP contribution is 2.34. The van der Waals surface area contributed by atoms with Crippen molar-refractivity contribution in [2.45, 2.75) is 31.8 Å². The standard InChI is InChI=1S/C21H21N3O3/c25-21(23-16-7-3-5-14-4-1-2-6-15(14)16)12-24-13-22-17-10-19-20(11-18(17)24)27-9-8-26-19/h1-2,4,6,10-11,13,16H,3,5,7-9,12H2,(H,23,25). The molecule has 0 bridgehead atoms. The van der Waals surface area contributed by atoms with Gasteiger partial charge in [0.2, 0.25) is 5.91 Å². The zero-order valence-electron chi connectivity index (χ0n) is 15.0. The van der Waals surface area contributed by atoms with Crippen molar-refractivity contribution in [3.8, 4) is 11.5 Å². The van der Waals surface area contributed by atoms with Crippen LogP contribution in [0.1, 0.15) is 30.0 Å². The van der Waals surface area contributed by atoms with Crippen LogP contribution < -0.4 is 14.8 Å². The van der Waals surface area contributed by atoms with Crippen LogP contribution in [0.2, 0.25) is 0 Å². The molecular weight excluding hydrogens is 342 g/mol. The summed E-state index contributed by atoms with van der Waals surface area (Å²) >= 11 is 0. The molecule has 5 rings (SSSR count). The van der Waals surface area contributed by atoms with Gasteiger partial charge in [0.1, 0.15) is 19.8 Å². The molecule has 1 amide bonds. The van der Waals surface area contributed by atoms with E-state index in [1.807, 2.05) is 22.8 Å². The fourth-order valence-electron chi connectivity index (χ4n) is 4.02. The summed E-state index contributed by atoms with van der Waals surface area (Å²) in [5.41, 5.74) is 4.26. The van der Waals surface area contributed by atoms with E-state index in [9.17, 15) is 4.79 Å². The summed E-state index contributed by atoms with van der Waals surface area (Å²) in [7, 11) is 0. The van der Waals surface area contributed by atoms with Crippen LogP contribution >= 0.6 is 0 Å². The Kier molecular flexibility index (Phi) is 3.96. The largest absolute Gasteiger partial charge is 0.486 e. The Bertz CT molecular complexity index is 1010. The number of aromatic nitrogens is 2. The molecule has 138 valence electrons. The van der Waals surface area contributed by atoms with Crippen LogP contribution in [0.4, 0.5) is 0 Å². The van der Waals surface area contributed by atoms with E-state index in [0.29, 0.717) is 24.7 Å². The molecule has 0 spiro atoms. The highest BCUT2D eigenvalue weighted by Gasteiger charge is 2.22. The Hall–Kier alpha value is -3.02. The molecule has 2 heterocycles. The van der Waals surface area contributed by atoms with Crippen LogP contribution in [-0.2, 0) is 17.8 Å². The van der Waals surface area contributed by atoms with Crippen LogP contribution in [0.15, 0.2) is 42.7 Å². The SMILES string of the molecule is O=C(Cn1cnc2cc3c(cc21)OCCO3)NC1CCCc2ccccc21. The van der Waals surface area contributed by atoms with E-state index in [-0.39, 0.29) is 18.5 Å². The Morgan fingerprint density at radius 1 is 1.19 bits per heavy atom. The number of carbonyl (C=O) groups excluding carboxylic acids is 1. The van der Waals surface area contributed by atoms with Gasteiger partial charge in [0, 0.05) is 12.1 Å². The predicted molar refractivity (Wildman–Crippen MR) is 101 cm³/mol. The molecule has 2 aliphatic rings. The average Bonchev–Trinajstić information content (AvgIpc) is 3.08. The van der Waals surface area contributed by atoms with Gasteiger partial charge in [0.15, 0.2) is 11.5 Å². The number of aryl methyl sites for hydroxylation is 1. The highest BCUT2D eigenvalue weighted by atomic mass is 16.6. The number of nitrogens with one attached hydrogen (secondary N) is 1. The molecule has 0 saturated carbocycles. The number of imidazole rings is 1. The summed E-state index contributed by atoms with van der Waals surface area (Å²) in [5, 5.41) is 3.20. The zero-order chi connectivity index (χ0) is 18.2. The number of benzene rings is 2. The molecule has 1 unspecified atom stereocenters. The molecule has 2 aromatic carbocycles. The lowest BCUT2D eigenvalue weighted by molar-refractivity contribution is -0.122. The van der Waals surface area contributed by atoms with Crippen molar-refractivity contribution in [2.24, 2.45) is 0 Å². The van der Waals surface area contributed by atoms with Gasteiger partial charge in [-0.3, -0.25) is 4.79 Å². The number of hydrogen-bond acceptors (Lipinski definition) is 4. The molecule has 27 heavy (non-hydrogen) atoms. The Labute approximate surface area is 157 Å². The first-order chi connectivity index (χ1) is 13.3. The molecule has 0 saturated heterocycles. The topological polar surface area (TPSA) is 65.4 Å². The lowest BCUT2D eigenvalue weighted by Gasteiger charge is -2.26. The van der Waals surface area contributed by atoms with Gasteiger partial charge in [-0.2, -0.15) is 0 Å². The van der Waals surface area contributed by atoms with Crippen molar-refractivity contribution in [1.29, 1.82) is 0 Å². The van der Waals surface area contributed by atoms with Crippen molar-refractivity contribution in [3.63, 3.8) is 0 Å². The molecule has 3 aromatic rings. The molecule has 6 heteroatoms. The summed E-state index contributed by atoms with van der Waals surface area (Å²) in [5.74, 6) is 1.41. The molecular formula is C21H21N3O3. The van der Waals surface area contributed by atoms with Gasteiger partial charge in [-0.25, -0.2) is 4.98 Å². The highest BCUT2D eigenvalue weighted by molar-refractivity contribution is 5.83. The van der Waals surface area contributed by atoms with E-state index in [4.69, 9.17) is 9.47 Å². The lowest BCUT2D eigenvalue weighted by Crippen LogP contribution is -2.33. The summed E-state index contributed by atoms with van der Waals surface area (Å²) in [6.45, 7) is 1.31. The number of ether oxygens (including phenoxy) is 2. The van der Waals surface area contributed by atoms with Gasteiger partial charge in [-0.15, -0.1) is 0 Å². The van der Waals surface area contributed by atoms with Gasteiger partial charge in [0.25, 0.3) is 0 Å². The van der Waals surface area contributed by atoms with Crippen LogP contribution in [0.25, 0.3) is 11.0 Å². The smallest absolute Gasteiger partial charge is 0.240 e. The van der Waals surface area contributed by atoms with Crippen molar-refractivity contribution < 1.29 is 14.3 Å². The molecule has 1 aromatic heterocycles. The van der Waals surface area contributed by atoms with E-state index in [1.165, 1.54) is 11.1 Å². The van der Waals surface area contributed by atoms with E-state index in [1.54, 1.807) is 6.33 Å². The van der Waals surface area contributed by atoms with E-state index < -0.39 is 0 Å². The first-order valence-corrected chi connectivity index (χ1v) is 9.39. The van der Waals surface area contributed by atoms with Crippen LogP contribution in [0.5, 0.6) is 11.5 Å². The van der Waals surface area contributed by atoms with Gasteiger partial charge >= 0.3 is 0 Å². The van der Waals surface area contributed by atoms with Crippen molar-refractivity contribution in [3.05, 3.63) is 53.9 Å². The van der Waals surface area contributed by atoms with Crippen molar-refractivity contribution >= 4 is 16.9 Å². The number of carbonyl (C=O) groups is 1. The first kappa shape index (κ1) is 16.2. The monoisotopic (exact) mass is 363 g/mol. The van der Waals surface area contributed by atoms with Gasteiger partial charge in [-0.05, 0) is 30.4 Å². The average molecular weight is 363 g/mol. The molecule has 0 radical (unpaired) electrons. The fourth-order valence-corrected chi connectivity index (χ4v) is 4.02. The maximum atomic E-state index is 12.7. The summed E-state index contributed by atoms with van der Waals surface area (Å²) in [4.78, 5) is 17.1. The Balaban J connectivity index is 1.36. The maximum Gasteiger partial charge on any atom is 0.240 e. The molecule has 1 N–H and O–H groups in total. The van der Waals surface area contributed by atoms with Crippen molar-refractivity contribution in [1.82, 2.24) is 14.9 Å². The third-order valence-corrected chi connectivity index (χ3v) is 5.30. The number of hydrogen-bond donors (Lipinski definition) is 1. The number of fused-ring (bicyclic) bond motifs is 3. The molecule has 1 aliphatic heterocycles. The van der Waals surface area contributed by atoms with Gasteiger partial charge in [0.05, 0.1) is 23.4 Å². The normalized spacial score (nSPS) is 18.1. The van der Waals surface area contributed by atoms with E-state index in [2.05, 4.69) is 28.5 Å². The quantitative estimate of drug-likeness (QED) is 0.777. The fraction of sp³-hybridized carbons (Fsp3) is 0.333. The van der Waals surface area contributed by atoms with Gasteiger partial charge in [-0.1, -0.05) is 24.3 Å². The van der Waals surface area contributed by atoms with Crippen molar-refractivity contribution in [2.75, 3.05) is 13.2 Å².